The van der Waals surface area contributed by atoms with E-state index in [2.05, 4.69) is 0 Å². The Hall–Kier alpha value is -1.16. The molecule has 0 bridgehead atoms. The van der Waals surface area contributed by atoms with Crippen molar-refractivity contribution in [3.05, 3.63) is 23.8 Å². The molecule has 16 heavy (non-hydrogen) atoms. The molecule has 88 valence electrons. The molecule has 0 aliphatic carbocycles. The summed E-state index contributed by atoms with van der Waals surface area (Å²) < 4.78 is 4.94. The van der Waals surface area contributed by atoms with E-state index in [4.69, 9.17) is 10.5 Å². The van der Waals surface area contributed by atoms with Crippen molar-refractivity contribution < 1.29 is 9.53 Å². The molecule has 1 aromatic carbocycles. The van der Waals surface area contributed by atoms with Crippen molar-refractivity contribution in [2.24, 2.45) is 0 Å². The van der Waals surface area contributed by atoms with Crippen LogP contribution < -0.4 is 5.73 Å². The van der Waals surface area contributed by atoms with Gasteiger partial charge >= 0.3 is 5.97 Å². The van der Waals surface area contributed by atoms with Gasteiger partial charge in [-0.1, -0.05) is 6.07 Å². The number of anilines is 1. The van der Waals surface area contributed by atoms with Gasteiger partial charge in [-0.2, -0.15) is 0 Å². The lowest BCUT2D eigenvalue weighted by Crippen LogP contribution is -2.16. The Morgan fingerprint density at radius 1 is 1.56 bits per heavy atom. The van der Waals surface area contributed by atoms with Crippen molar-refractivity contribution in [1.82, 2.24) is 0 Å². The zero-order chi connectivity index (χ0) is 12.1. The van der Waals surface area contributed by atoms with E-state index in [-0.39, 0.29) is 11.2 Å². The van der Waals surface area contributed by atoms with Gasteiger partial charge in [0.05, 0.1) is 6.61 Å². The first-order valence-corrected chi connectivity index (χ1v) is 6.12. The first-order chi connectivity index (χ1) is 7.54. The molecule has 1 aromatic rings. The van der Waals surface area contributed by atoms with Crippen molar-refractivity contribution >= 4 is 23.4 Å². The van der Waals surface area contributed by atoms with E-state index < -0.39 is 0 Å². The van der Waals surface area contributed by atoms with Gasteiger partial charge in [0.25, 0.3) is 0 Å². The van der Waals surface area contributed by atoms with E-state index >= 15 is 0 Å². The van der Waals surface area contributed by atoms with E-state index in [1.807, 2.05) is 32.0 Å². The first kappa shape index (κ1) is 12.9. The Morgan fingerprint density at radius 3 is 2.81 bits per heavy atom. The molecule has 0 aliphatic heterocycles. The second-order valence-electron chi connectivity index (χ2n) is 3.55. The van der Waals surface area contributed by atoms with Gasteiger partial charge in [0.1, 0.15) is 5.25 Å². The smallest absolute Gasteiger partial charge is 0.319 e. The Kier molecular flexibility index (Phi) is 4.68. The van der Waals surface area contributed by atoms with Crippen LogP contribution in [-0.4, -0.2) is 17.8 Å². The van der Waals surface area contributed by atoms with Gasteiger partial charge in [0.2, 0.25) is 0 Å². The second kappa shape index (κ2) is 5.80. The van der Waals surface area contributed by atoms with Crippen LogP contribution in [0.15, 0.2) is 23.1 Å². The fourth-order valence-corrected chi connectivity index (χ4v) is 2.16. The fourth-order valence-electron chi connectivity index (χ4n) is 1.27. The quantitative estimate of drug-likeness (QED) is 0.498. The molecule has 0 aliphatic rings. The molecule has 0 amide bonds. The molecule has 0 saturated heterocycles. The predicted octanol–water partition coefficient (Wildman–Crippen LogP) is 2.62. The van der Waals surface area contributed by atoms with Crippen LogP contribution in [0.1, 0.15) is 19.4 Å². The largest absolute Gasteiger partial charge is 0.465 e. The number of nitrogens with two attached hydrogens (primary N) is 1. The summed E-state index contributed by atoms with van der Waals surface area (Å²) in [5.41, 5.74) is 7.70. The van der Waals surface area contributed by atoms with Gasteiger partial charge in [-0.3, -0.25) is 4.79 Å². The lowest BCUT2D eigenvalue weighted by molar-refractivity contribution is -0.142. The maximum Gasteiger partial charge on any atom is 0.319 e. The lowest BCUT2D eigenvalue weighted by atomic mass is 10.2. The van der Waals surface area contributed by atoms with Gasteiger partial charge in [-0.25, -0.2) is 0 Å². The highest BCUT2D eigenvalue weighted by molar-refractivity contribution is 8.00. The van der Waals surface area contributed by atoms with E-state index in [9.17, 15) is 4.79 Å². The molecule has 0 aromatic heterocycles. The van der Waals surface area contributed by atoms with Gasteiger partial charge in [0.15, 0.2) is 0 Å². The molecule has 1 rings (SSSR count). The number of nitrogen functional groups attached to an aromatic ring is 1. The summed E-state index contributed by atoms with van der Waals surface area (Å²) in [5.74, 6) is -0.201. The summed E-state index contributed by atoms with van der Waals surface area (Å²) >= 11 is 1.43. The summed E-state index contributed by atoms with van der Waals surface area (Å²) in [4.78, 5) is 12.4. The predicted molar refractivity (Wildman–Crippen MR) is 67.5 cm³/mol. The lowest BCUT2D eigenvalue weighted by Gasteiger charge is -2.12. The van der Waals surface area contributed by atoms with Crippen molar-refractivity contribution in [2.45, 2.75) is 30.9 Å². The monoisotopic (exact) mass is 239 g/mol. The topological polar surface area (TPSA) is 52.3 Å². The molecular formula is C12H17NO2S. The van der Waals surface area contributed by atoms with Crippen LogP contribution >= 0.6 is 11.8 Å². The first-order valence-electron chi connectivity index (χ1n) is 5.24. The summed E-state index contributed by atoms with van der Waals surface area (Å²) in [6.45, 7) is 6.02. The van der Waals surface area contributed by atoms with Crippen molar-refractivity contribution in [3.63, 3.8) is 0 Å². The summed E-state index contributed by atoms with van der Waals surface area (Å²) in [5, 5.41) is -0.232. The number of thioether (sulfide) groups is 1. The van der Waals surface area contributed by atoms with Gasteiger partial charge in [-0.15, -0.1) is 11.8 Å². The maximum atomic E-state index is 11.4. The third kappa shape index (κ3) is 3.45. The SMILES string of the molecule is CCOC(=O)C(C)Sc1ccc(C)cc1N. The van der Waals surface area contributed by atoms with Crippen LogP contribution in [0.5, 0.6) is 0 Å². The fraction of sp³-hybridized carbons (Fsp3) is 0.417. The van der Waals surface area contributed by atoms with Crippen LogP contribution in [0.4, 0.5) is 5.69 Å². The summed E-state index contributed by atoms with van der Waals surface area (Å²) in [6.07, 6.45) is 0. The zero-order valence-electron chi connectivity index (χ0n) is 9.82. The number of hydrogen-bond acceptors (Lipinski definition) is 4. The summed E-state index contributed by atoms with van der Waals surface area (Å²) in [7, 11) is 0. The number of rotatable bonds is 4. The molecule has 0 spiro atoms. The molecule has 0 heterocycles. The summed E-state index contributed by atoms with van der Waals surface area (Å²) in [6, 6.07) is 5.82. The Morgan fingerprint density at radius 2 is 2.25 bits per heavy atom. The van der Waals surface area contributed by atoms with Crippen molar-refractivity contribution in [1.29, 1.82) is 0 Å². The van der Waals surface area contributed by atoms with Crippen LogP contribution in [0, 0.1) is 6.92 Å². The molecular weight excluding hydrogens is 222 g/mol. The zero-order valence-corrected chi connectivity index (χ0v) is 10.6. The van der Waals surface area contributed by atoms with Crippen molar-refractivity contribution in [2.75, 3.05) is 12.3 Å². The Bertz CT molecular complexity index is 379. The van der Waals surface area contributed by atoms with Crippen LogP contribution in [-0.2, 0) is 9.53 Å². The third-order valence-corrected chi connectivity index (χ3v) is 3.26. The molecule has 4 heteroatoms. The highest BCUT2D eigenvalue weighted by atomic mass is 32.2. The van der Waals surface area contributed by atoms with Gasteiger partial charge in [-0.05, 0) is 38.5 Å². The van der Waals surface area contributed by atoms with Gasteiger partial charge in [0, 0.05) is 10.6 Å². The normalized spacial score (nSPS) is 12.2. The molecule has 0 fully saturated rings. The van der Waals surface area contributed by atoms with Crippen molar-refractivity contribution in [3.8, 4) is 0 Å². The number of aryl methyl sites for hydroxylation is 1. The molecule has 3 nitrogen and oxygen atoms in total. The minimum Gasteiger partial charge on any atom is -0.465 e. The second-order valence-corrected chi connectivity index (χ2v) is 4.94. The highest BCUT2D eigenvalue weighted by Gasteiger charge is 2.16. The van der Waals surface area contributed by atoms with Gasteiger partial charge < -0.3 is 10.5 Å². The number of carbonyl (C=O) groups excluding carboxylic acids is 1. The molecule has 1 unspecified atom stereocenters. The number of esters is 1. The highest BCUT2D eigenvalue weighted by Crippen LogP contribution is 2.29. The Labute approximate surface area is 100 Å². The minimum absolute atomic E-state index is 0.201. The molecule has 2 N–H and O–H groups in total. The standard InChI is InChI=1S/C12H17NO2S/c1-4-15-12(14)9(3)16-11-6-5-8(2)7-10(11)13/h5-7,9H,4,13H2,1-3H3. The molecule has 0 saturated carbocycles. The minimum atomic E-state index is -0.232. The maximum absolute atomic E-state index is 11.4. The number of ether oxygens (including phenoxy) is 1. The number of carbonyl (C=O) groups is 1. The number of benzene rings is 1. The third-order valence-electron chi connectivity index (χ3n) is 2.09. The van der Waals surface area contributed by atoms with E-state index in [0.717, 1.165) is 10.5 Å². The average Bonchev–Trinajstić information content (AvgIpc) is 2.22. The van der Waals surface area contributed by atoms with E-state index in [1.54, 1.807) is 6.92 Å². The van der Waals surface area contributed by atoms with E-state index in [1.165, 1.54) is 11.8 Å². The molecule has 0 radical (unpaired) electrons. The number of hydrogen-bond donors (Lipinski definition) is 1. The van der Waals surface area contributed by atoms with Crippen LogP contribution in [0.2, 0.25) is 0 Å². The van der Waals surface area contributed by atoms with E-state index in [0.29, 0.717) is 12.3 Å². The Balaban J connectivity index is 2.69. The van der Waals surface area contributed by atoms with Crippen LogP contribution in [0.25, 0.3) is 0 Å². The average molecular weight is 239 g/mol. The van der Waals surface area contributed by atoms with Crippen LogP contribution in [0.3, 0.4) is 0 Å². The molecule has 1 atom stereocenters.